The summed E-state index contributed by atoms with van der Waals surface area (Å²) in [6.07, 6.45) is 5.69. The molecule has 1 heteroatoms. The zero-order valence-corrected chi connectivity index (χ0v) is 6.32. The average molecular weight is 127 g/mol. The van der Waals surface area contributed by atoms with Crippen LogP contribution in [0.1, 0.15) is 32.6 Å². The molecule has 0 saturated carbocycles. The van der Waals surface area contributed by atoms with Crippen molar-refractivity contribution in [2.24, 2.45) is 5.92 Å². The summed E-state index contributed by atoms with van der Waals surface area (Å²) >= 11 is 0. The summed E-state index contributed by atoms with van der Waals surface area (Å²) in [5.41, 5.74) is 0. The van der Waals surface area contributed by atoms with Crippen molar-refractivity contribution in [3.05, 3.63) is 0 Å². The lowest BCUT2D eigenvalue weighted by Gasteiger charge is -2.26. The van der Waals surface area contributed by atoms with Crippen molar-refractivity contribution >= 4 is 0 Å². The van der Waals surface area contributed by atoms with E-state index in [0.717, 1.165) is 5.92 Å². The molecule has 0 aromatic carbocycles. The highest BCUT2D eigenvalue weighted by Crippen LogP contribution is 2.12. The number of hydrogen-bond donors (Lipinski definition) is 1. The van der Waals surface area contributed by atoms with Gasteiger partial charge in [-0.3, -0.25) is 0 Å². The highest BCUT2D eigenvalue weighted by atomic mass is 14.9. The predicted octanol–water partition coefficient (Wildman–Crippen LogP) is 1.79. The fourth-order valence-electron chi connectivity index (χ4n) is 1.24. The van der Waals surface area contributed by atoms with Crippen LogP contribution in [0.5, 0.6) is 0 Å². The van der Waals surface area contributed by atoms with Crippen LogP contribution in [0.2, 0.25) is 0 Å². The van der Waals surface area contributed by atoms with Crippen LogP contribution in [0.25, 0.3) is 0 Å². The fraction of sp³-hybridized carbons (Fsp3) is 1.00. The maximum Gasteiger partial charge on any atom is -0.000826 e. The van der Waals surface area contributed by atoms with E-state index in [4.69, 9.17) is 0 Å². The molecule has 0 amide bonds. The lowest BCUT2D eigenvalue weighted by atomic mass is 9.96. The third-order valence-corrected chi connectivity index (χ3v) is 2.08. The van der Waals surface area contributed by atoms with Gasteiger partial charge in [0.25, 0.3) is 0 Å². The van der Waals surface area contributed by atoms with Crippen LogP contribution in [0.15, 0.2) is 0 Å². The van der Waals surface area contributed by atoms with Gasteiger partial charge >= 0.3 is 0 Å². The summed E-state index contributed by atoms with van der Waals surface area (Å²) in [5.74, 6) is 1.02. The van der Waals surface area contributed by atoms with Crippen molar-refractivity contribution in [1.29, 1.82) is 0 Å². The molecule has 0 aromatic rings. The molecule has 1 saturated heterocycles. The molecule has 1 aliphatic heterocycles. The molecule has 1 fully saturated rings. The topological polar surface area (TPSA) is 12.0 Å². The molecule has 0 aromatic heterocycles. The minimum Gasteiger partial charge on any atom is -0.316 e. The lowest BCUT2D eigenvalue weighted by molar-refractivity contribution is 0.317. The van der Waals surface area contributed by atoms with Gasteiger partial charge in [0.05, 0.1) is 0 Å². The normalized spacial score (nSPS) is 19.7. The molecule has 0 unspecified atom stereocenters. The van der Waals surface area contributed by atoms with Gasteiger partial charge in [-0.15, -0.1) is 0 Å². The van der Waals surface area contributed by atoms with Gasteiger partial charge in [0.1, 0.15) is 0 Å². The molecule has 1 nitrogen and oxygen atoms in total. The smallest absolute Gasteiger partial charge is 0.000826 e. The molecule has 1 aliphatic rings. The first-order chi connectivity index (χ1) is 4.43. The second kappa shape index (κ2) is 3.89. The Hall–Kier alpha value is -0.0400. The predicted molar refractivity (Wildman–Crippen MR) is 40.5 cm³/mol. The third kappa shape index (κ3) is 2.35. The molecule has 0 aliphatic carbocycles. The Morgan fingerprint density at radius 2 is 2.11 bits per heavy atom. The van der Waals surface area contributed by atoms with Crippen molar-refractivity contribution in [2.75, 3.05) is 13.1 Å². The van der Waals surface area contributed by atoms with Gasteiger partial charge in [-0.05, 0) is 25.4 Å². The van der Waals surface area contributed by atoms with E-state index in [0.29, 0.717) is 0 Å². The van der Waals surface area contributed by atoms with E-state index in [-0.39, 0.29) is 0 Å². The Morgan fingerprint density at radius 1 is 1.33 bits per heavy atom. The summed E-state index contributed by atoms with van der Waals surface area (Å²) in [5, 5.41) is 3.29. The summed E-state index contributed by atoms with van der Waals surface area (Å²) in [6, 6.07) is 0. The summed E-state index contributed by atoms with van der Waals surface area (Å²) < 4.78 is 0. The summed E-state index contributed by atoms with van der Waals surface area (Å²) in [7, 11) is 0. The Balaban J connectivity index is 1.80. The molecule has 9 heavy (non-hydrogen) atoms. The van der Waals surface area contributed by atoms with Crippen molar-refractivity contribution < 1.29 is 0 Å². The van der Waals surface area contributed by atoms with Crippen molar-refractivity contribution in [2.45, 2.75) is 32.6 Å². The SMILES string of the molecule is CCCCCC1CNC1. The van der Waals surface area contributed by atoms with Crippen LogP contribution in [-0.2, 0) is 0 Å². The molecule has 1 rings (SSSR count). The maximum absolute atomic E-state index is 3.29. The van der Waals surface area contributed by atoms with E-state index in [1.807, 2.05) is 0 Å². The quantitative estimate of drug-likeness (QED) is 0.568. The van der Waals surface area contributed by atoms with E-state index in [1.54, 1.807) is 0 Å². The molecule has 0 bridgehead atoms. The second-order valence-electron chi connectivity index (χ2n) is 3.02. The number of nitrogens with one attached hydrogen (secondary N) is 1. The Labute approximate surface area is 57.8 Å². The van der Waals surface area contributed by atoms with Crippen molar-refractivity contribution in [3.63, 3.8) is 0 Å². The molecule has 54 valence electrons. The van der Waals surface area contributed by atoms with Gasteiger partial charge in [0.2, 0.25) is 0 Å². The van der Waals surface area contributed by atoms with Gasteiger partial charge in [0.15, 0.2) is 0 Å². The van der Waals surface area contributed by atoms with Gasteiger partial charge < -0.3 is 5.32 Å². The minimum atomic E-state index is 1.02. The molecule has 0 spiro atoms. The fourth-order valence-corrected chi connectivity index (χ4v) is 1.24. The standard InChI is InChI=1S/C8H17N/c1-2-3-4-5-8-6-9-7-8/h8-9H,2-7H2,1H3. The highest BCUT2D eigenvalue weighted by molar-refractivity contribution is 4.73. The zero-order chi connectivity index (χ0) is 6.53. The van der Waals surface area contributed by atoms with Gasteiger partial charge in [-0.2, -0.15) is 0 Å². The van der Waals surface area contributed by atoms with Crippen LogP contribution in [0, 0.1) is 5.92 Å². The van der Waals surface area contributed by atoms with E-state index >= 15 is 0 Å². The van der Waals surface area contributed by atoms with E-state index in [1.165, 1.54) is 38.8 Å². The number of hydrogen-bond acceptors (Lipinski definition) is 1. The number of unbranched alkanes of at least 4 members (excludes halogenated alkanes) is 2. The second-order valence-corrected chi connectivity index (χ2v) is 3.02. The van der Waals surface area contributed by atoms with Gasteiger partial charge in [-0.25, -0.2) is 0 Å². The molecular formula is C8H17N. The largest absolute Gasteiger partial charge is 0.316 e. The molecule has 1 heterocycles. The first-order valence-electron chi connectivity index (χ1n) is 4.14. The van der Waals surface area contributed by atoms with Crippen molar-refractivity contribution in [1.82, 2.24) is 5.32 Å². The Morgan fingerprint density at radius 3 is 2.56 bits per heavy atom. The minimum absolute atomic E-state index is 1.02. The maximum atomic E-state index is 3.29. The molecular weight excluding hydrogens is 110 g/mol. The monoisotopic (exact) mass is 127 g/mol. The van der Waals surface area contributed by atoms with E-state index in [9.17, 15) is 0 Å². The van der Waals surface area contributed by atoms with Crippen molar-refractivity contribution in [3.8, 4) is 0 Å². The van der Waals surface area contributed by atoms with Crippen LogP contribution in [0.3, 0.4) is 0 Å². The Kier molecular flexibility index (Phi) is 3.05. The average Bonchev–Trinajstić information content (AvgIpc) is 1.76. The van der Waals surface area contributed by atoms with Crippen LogP contribution >= 0.6 is 0 Å². The molecule has 0 atom stereocenters. The Bertz CT molecular complexity index is 67.0. The molecule has 1 N–H and O–H groups in total. The van der Waals surface area contributed by atoms with Gasteiger partial charge in [0, 0.05) is 0 Å². The highest BCUT2D eigenvalue weighted by Gasteiger charge is 2.14. The summed E-state index contributed by atoms with van der Waals surface area (Å²) in [6.45, 7) is 4.83. The first-order valence-corrected chi connectivity index (χ1v) is 4.14. The van der Waals surface area contributed by atoms with Crippen LogP contribution < -0.4 is 5.32 Å². The van der Waals surface area contributed by atoms with E-state index < -0.39 is 0 Å². The third-order valence-electron chi connectivity index (χ3n) is 2.08. The first kappa shape index (κ1) is 7.07. The number of rotatable bonds is 4. The van der Waals surface area contributed by atoms with Gasteiger partial charge in [-0.1, -0.05) is 26.2 Å². The zero-order valence-electron chi connectivity index (χ0n) is 6.32. The van der Waals surface area contributed by atoms with Crippen LogP contribution in [-0.4, -0.2) is 13.1 Å². The molecule has 0 radical (unpaired) electrons. The van der Waals surface area contributed by atoms with E-state index in [2.05, 4.69) is 12.2 Å². The summed E-state index contributed by atoms with van der Waals surface area (Å²) in [4.78, 5) is 0. The van der Waals surface area contributed by atoms with Crippen LogP contribution in [0.4, 0.5) is 0 Å². The lowest BCUT2D eigenvalue weighted by Crippen LogP contribution is -2.41.